The largest absolute Gasteiger partial charge is 0.495 e. The zero-order chi connectivity index (χ0) is 24.0. The Morgan fingerprint density at radius 2 is 1.76 bits per heavy atom. The number of piperidine rings is 1. The van der Waals surface area contributed by atoms with Gasteiger partial charge in [-0.3, -0.25) is 0 Å². The van der Waals surface area contributed by atoms with Gasteiger partial charge in [0.1, 0.15) is 11.5 Å². The first-order valence-electron chi connectivity index (χ1n) is 11.2. The van der Waals surface area contributed by atoms with Crippen LogP contribution in [-0.4, -0.2) is 52.7 Å². The van der Waals surface area contributed by atoms with Crippen LogP contribution in [0.5, 0.6) is 11.5 Å². The number of carbonyl (C=O) groups is 1. The molecular formula is C24H33N3O5S. The predicted molar refractivity (Wildman–Crippen MR) is 129 cm³/mol. The molecule has 2 aromatic carbocycles. The molecule has 1 saturated heterocycles. The van der Waals surface area contributed by atoms with E-state index in [-0.39, 0.29) is 16.8 Å². The molecule has 1 aliphatic heterocycles. The van der Waals surface area contributed by atoms with Crippen molar-refractivity contribution >= 4 is 21.7 Å². The summed E-state index contributed by atoms with van der Waals surface area (Å²) in [6.45, 7) is 7.60. The number of urea groups is 1. The second-order valence-corrected chi connectivity index (χ2v) is 10.00. The van der Waals surface area contributed by atoms with Crippen molar-refractivity contribution in [3.05, 3.63) is 47.5 Å². The molecule has 0 bridgehead atoms. The fourth-order valence-corrected chi connectivity index (χ4v) is 5.32. The van der Waals surface area contributed by atoms with Crippen molar-refractivity contribution in [3.8, 4) is 11.5 Å². The first-order chi connectivity index (χ1) is 15.7. The summed E-state index contributed by atoms with van der Waals surface area (Å²) in [5.74, 6) is 1.50. The zero-order valence-electron chi connectivity index (χ0n) is 19.7. The number of nitrogens with zero attached hydrogens (tertiary/aromatic N) is 1. The van der Waals surface area contributed by atoms with Crippen LogP contribution < -0.4 is 19.5 Å². The number of hydrogen-bond donors (Lipinski definition) is 2. The van der Waals surface area contributed by atoms with Crippen molar-refractivity contribution in [1.82, 2.24) is 9.62 Å². The number of hydrogen-bond acceptors (Lipinski definition) is 5. The quantitative estimate of drug-likeness (QED) is 0.603. The maximum atomic E-state index is 12.8. The number of para-hydroxylation sites is 2. The van der Waals surface area contributed by atoms with Gasteiger partial charge in [0.25, 0.3) is 0 Å². The lowest BCUT2D eigenvalue weighted by Crippen LogP contribution is -2.43. The second-order valence-electron chi connectivity index (χ2n) is 8.23. The van der Waals surface area contributed by atoms with Crippen molar-refractivity contribution in [2.24, 2.45) is 5.92 Å². The molecule has 8 nitrogen and oxygen atoms in total. The number of aryl methyl sites for hydroxylation is 2. The molecule has 0 saturated carbocycles. The van der Waals surface area contributed by atoms with Gasteiger partial charge in [0.2, 0.25) is 10.0 Å². The molecule has 2 aromatic rings. The van der Waals surface area contributed by atoms with Gasteiger partial charge in [-0.2, -0.15) is 0 Å². The first kappa shape index (κ1) is 24.9. The molecule has 1 heterocycles. The minimum atomic E-state index is -3.63. The highest BCUT2D eigenvalue weighted by Gasteiger charge is 2.25. The Bertz CT molecular complexity index is 1060. The molecule has 2 amide bonds. The van der Waals surface area contributed by atoms with E-state index in [9.17, 15) is 13.2 Å². The van der Waals surface area contributed by atoms with Gasteiger partial charge >= 0.3 is 6.03 Å². The van der Waals surface area contributed by atoms with Crippen LogP contribution in [0.4, 0.5) is 10.5 Å². The minimum Gasteiger partial charge on any atom is -0.495 e. The number of likely N-dealkylation sites (tertiary alicyclic amines) is 1. The zero-order valence-corrected chi connectivity index (χ0v) is 20.5. The van der Waals surface area contributed by atoms with E-state index in [0.717, 1.165) is 29.7 Å². The lowest BCUT2D eigenvalue weighted by molar-refractivity contribution is 0.183. The maximum absolute atomic E-state index is 12.8. The normalized spacial score (nSPS) is 14.7. The monoisotopic (exact) mass is 475 g/mol. The van der Waals surface area contributed by atoms with Crippen LogP contribution in [0.2, 0.25) is 0 Å². The van der Waals surface area contributed by atoms with E-state index >= 15 is 0 Å². The van der Waals surface area contributed by atoms with Crippen molar-refractivity contribution in [3.63, 3.8) is 0 Å². The maximum Gasteiger partial charge on any atom is 0.321 e. The summed E-state index contributed by atoms with van der Waals surface area (Å²) in [5.41, 5.74) is 2.22. The summed E-state index contributed by atoms with van der Waals surface area (Å²) in [5, 5.41) is 2.89. The van der Waals surface area contributed by atoms with E-state index in [1.165, 1.54) is 0 Å². The van der Waals surface area contributed by atoms with Crippen molar-refractivity contribution < 1.29 is 22.7 Å². The third-order valence-corrected chi connectivity index (χ3v) is 7.25. The van der Waals surface area contributed by atoms with Gasteiger partial charge in [-0.05, 0) is 74.9 Å². The highest BCUT2D eigenvalue weighted by molar-refractivity contribution is 7.89. The molecule has 0 radical (unpaired) electrons. The molecule has 1 aliphatic rings. The Morgan fingerprint density at radius 1 is 1.12 bits per heavy atom. The molecule has 0 aliphatic carbocycles. The molecule has 1 fully saturated rings. The molecule has 2 N–H and O–H groups in total. The number of amides is 2. The van der Waals surface area contributed by atoms with E-state index in [4.69, 9.17) is 9.47 Å². The Balaban J connectivity index is 1.53. The van der Waals surface area contributed by atoms with Crippen LogP contribution in [0, 0.1) is 19.8 Å². The summed E-state index contributed by atoms with van der Waals surface area (Å²) in [7, 11) is -2.06. The fraction of sp³-hybridized carbons (Fsp3) is 0.458. The summed E-state index contributed by atoms with van der Waals surface area (Å²) in [6, 6.07) is 10.4. The number of carbonyl (C=O) groups excluding carboxylic acids is 1. The minimum absolute atomic E-state index is 0.167. The smallest absolute Gasteiger partial charge is 0.321 e. The number of benzene rings is 2. The van der Waals surface area contributed by atoms with Crippen molar-refractivity contribution in [2.45, 2.75) is 38.5 Å². The number of anilines is 1. The third kappa shape index (κ3) is 6.17. The molecule has 0 atom stereocenters. The number of sulfonamides is 1. The van der Waals surface area contributed by atoms with Gasteiger partial charge in [-0.25, -0.2) is 17.9 Å². The predicted octanol–water partition coefficient (Wildman–Crippen LogP) is 3.93. The summed E-state index contributed by atoms with van der Waals surface area (Å²) in [6.07, 6.45) is 1.45. The van der Waals surface area contributed by atoms with E-state index in [2.05, 4.69) is 10.0 Å². The summed E-state index contributed by atoms with van der Waals surface area (Å²) < 4.78 is 39.3. The average molecular weight is 476 g/mol. The molecule has 0 spiro atoms. The number of rotatable bonds is 8. The summed E-state index contributed by atoms with van der Waals surface area (Å²) >= 11 is 0. The van der Waals surface area contributed by atoms with Gasteiger partial charge < -0.3 is 19.7 Å². The molecule has 3 rings (SSSR count). The van der Waals surface area contributed by atoms with Gasteiger partial charge in [0.05, 0.1) is 24.3 Å². The highest BCUT2D eigenvalue weighted by Crippen LogP contribution is 2.28. The average Bonchev–Trinajstić information content (AvgIpc) is 2.80. The standard InChI is InChI=1S/C24H33N3O5S/c1-5-32-23-17(2)14-20(15-18(23)3)33(29,30)25-16-19-10-12-27(13-11-19)24(28)26-21-8-6-7-9-22(21)31-4/h6-9,14-15,19,25H,5,10-13,16H2,1-4H3,(H,26,28). The first-order valence-corrected chi connectivity index (χ1v) is 12.7. The molecule has 0 aromatic heterocycles. The van der Waals surface area contributed by atoms with Crippen LogP contribution in [0.1, 0.15) is 30.9 Å². The van der Waals surface area contributed by atoms with Crippen LogP contribution in [0.15, 0.2) is 41.3 Å². The molecule has 0 unspecified atom stereocenters. The van der Waals surface area contributed by atoms with Gasteiger partial charge in [0.15, 0.2) is 0 Å². The van der Waals surface area contributed by atoms with Crippen LogP contribution in [0.3, 0.4) is 0 Å². The Hall–Kier alpha value is -2.78. The molecular weight excluding hydrogens is 442 g/mol. The van der Waals surface area contributed by atoms with Gasteiger partial charge in [-0.15, -0.1) is 0 Å². The van der Waals surface area contributed by atoms with Gasteiger partial charge in [-0.1, -0.05) is 12.1 Å². The number of nitrogens with one attached hydrogen (secondary N) is 2. The SMILES string of the molecule is CCOc1c(C)cc(S(=O)(=O)NCC2CCN(C(=O)Nc3ccccc3OC)CC2)cc1C. The van der Waals surface area contributed by atoms with E-state index < -0.39 is 10.0 Å². The van der Waals surface area contributed by atoms with Crippen LogP contribution in [0.25, 0.3) is 0 Å². The number of methoxy groups -OCH3 is 1. The fourth-order valence-electron chi connectivity index (χ4n) is 4.03. The van der Waals surface area contributed by atoms with Crippen molar-refractivity contribution in [2.75, 3.05) is 38.7 Å². The third-order valence-electron chi connectivity index (χ3n) is 5.85. The Labute approximate surface area is 196 Å². The van der Waals surface area contributed by atoms with Gasteiger partial charge in [0, 0.05) is 19.6 Å². The van der Waals surface area contributed by atoms with Crippen molar-refractivity contribution in [1.29, 1.82) is 0 Å². The highest BCUT2D eigenvalue weighted by atomic mass is 32.2. The van der Waals surface area contributed by atoms with E-state index in [1.54, 1.807) is 36.3 Å². The lowest BCUT2D eigenvalue weighted by Gasteiger charge is -2.32. The van der Waals surface area contributed by atoms with Crippen LogP contribution in [-0.2, 0) is 10.0 Å². The summed E-state index contributed by atoms with van der Waals surface area (Å²) in [4.78, 5) is 14.6. The number of ether oxygens (including phenoxy) is 2. The molecule has 180 valence electrons. The van der Waals surface area contributed by atoms with E-state index in [1.807, 2.05) is 32.9 Å². The molecule has 9 heteroatoms. The lowest BCUT2D eigenvalue weighted by atomic mass is 9.97. The molecule has 33 heavy (non-hydrogen) atoms. The Morgan fingerprint density at radius 3 is 2.36 bits per heavy atom. The second kappa shape index (κ2) is 10.9. The topological polar surface area (TPSA) is 97.0 Å². The van der Waals surface area contributed by atoms with E-state index in [0.29, 0.717) is 37.7 Å². The van der Waals surface area contributed by atoms with Crippen LogP contribution >= 0.6 is 0 Å². The Kier molecular flexibility index (Phi) is 8.20.